The summed E-state index contributed by atoms with van der Waals surface area (Å²) >= 11 is 0. The number of hydrogen-bond donors (Lipinski definition) is 1. The standard InChI is InChI=1S/C16H18N2O/c1-2-3-9-16(19)18-15-10-11-17-12-14(15)13-7-5-4-6-8-13/h4-8,10-12H,2-3,9H2,1H3,(H,17,18,19). The second kappa shape index (κ2) is 6.69. The molecule has 0 fully saturated rings. The van der Waals surface area contributed by atoms with Gasteiger partial charge in [0.05, 0.1) is 5.69 Å². The molecule has 2 rings (SSSR count). The fraction of sp³-hybridized carbons (Fsp3) is 0.250. The average molecular weight is 254 g/mol. The Morgan fingerprint density at radius 1 is 1.21 bits per heavy atom. The summed E-state index contributed by atoms with van der Waals surface area (Å²) in [6.07, 6.45) is 5.98. The van der Waals surface area contributed by atoms with Gasteiger partial charge >= 0.3 is 0 Å². The zero-order valence-corrected chi connectivity index (χ0v) is 11.1. The lowest BCUT2D eigenvalue weighted by Gasteiger charge is -2.10. The summed E-state index contributed by atoms with van der Waals surface area (Å²) in [6, 6.07) is 11.8. The summed E-state index contributed by atoms with van der Waals surface area (Å²) < 4.78 is 0. The van der Waals surface area contributed by atoms with Crippen molar-refractivity contribution in [3.05, 3.63) is 48.8 Å². The van der Waals surface area contributed by atoms with Gasteiger partial charge in [-0.25, -0.2) is 0 Å². The van der Waals surface area contributed by atoms with Crippen molar-refractivity contribution >= 4 is 11.6 Å². The van der Waals surface area contributed by atoms with Gasteiger partial charge in [-0.3, -0.25) is 9.78 Å². The molecule has 1 aromatic carbocycles. The number of pyridine rings is 1. The number of rotatable bonds is 5. The fourth-order valence-electron chi connectivity index (χ4n) is 1.90. The topological polar surface area (TPSA) is 42.0 Å². The number of amides is 1. The third kappa shape index (κ3) is 3.65. The molecule has 19 heavy (non-hydrogen) atoms. The lowest BCUT2D eigenvalue weighted by Crippen LogP contribution is -2.11. The van der Waals surface area contributed by atoms with Crippen molar-refractivity contribution < 1.29 is 4.79 Å². The molecule has 1 heterocycles. The Labute approximate surface area is 113 Å². The first kappa shape index (κ1) is 13.3. The van der Waals surface area contributed by atoms with E-state index in [1.807, 2.05) is 36.4 Å². The molecule has 0 saturated heterocycles. The normalized spacial score (nSPS) is 10.2. The first-order valence-electron chi connectivity index (χ1n) is 6.60. The molecule has 0 atom stereocenters. The van der Waals surface area contributed by atoms with Gasteiger partial charge < -0.3 is 5.32 Å². The van der Waals surface area contributed by atoms with E-state index in [2.05, 4.69) is 17.2 Å². The first-order chi connectivity index (χ1) is 9.31. The van der Waals surface area contributed by atoms with Crippen LogP contribution in [0.2, 0.25) is 0 Å². The van der Waals surface area contributed by atoms with Gasteiger partial charge in [-0.15, -0.1) is 0 Å². The Balaban J connectivity index is 2.20. The fourth-order valence-corrected chi connectivity index (χ4v) is 1.90. The molecule has 1 aromatic heterocycles. The number of anilines is 1. The van der Waals surface area contributed by atoms with Gasteiger partial charge in [0.25, 0.3) is 0 Å². The van der Waals surface area contributed by atoms with Crippen LogP contribution in [-0.4, -0.2) is 10.9 Å². The number of aromatic nitrogens is 1. The summed E-state index contributed by atoms with van der Waals surface area (Å²) in [5.41, 5.74) is 2.83. The largest absolute Gasteiger partial charge is 0.325 e. The van der Waals surface area contributed by atoms with E-state index in [1.54, 1.807) is 12.4 Å². The third-order valence-corrected chi connectivity index (χ3v) is 2.94. The number of carbonyl (C=O) groups excluding carboxylic acids is 1. The van der Waals surface area contributed by atoms with Crippen LogP contribution < -0.4 is 5.32 Å². The molecule has 0 aliphatic heterocycles. The molecule has 0 aliphatic carbocycles. The maximum absolute atomic E-state index is 11.8. The van der Waals surface area contributed by atoms with Gasteiger partial charge in [0.15, 0.2) is 0 Å². The smallest absolute Gasteiger partial charge is 0.224 e. The molecule has 3 nitrogen and oxygen atoms in total. The van der Waals surface area contributed by atoms with Crippen LogP contribution in [0.5, 0.6) is 0 Å². The SMILES string of the molecule is CCCCC(=O)Nc1ccncc1-c1ccccc1. The van der Waals surface area contributed by atoms with E-state index in [9.17, 15) is 4.79 Å². The van der Waals surface area contributed by atoms with E-state index in [1.165, 1.54) is 0 Å². The van der Waals surface area contributed by atoms with E-state index < -0.39 is 0 Å². The molecule has 0 unspecified atom stereocenters. The summed E-state index contributed by atoms with van der Waals surface area (Å²) in [6.45, 7) is 2.08. The summed E-state index contributed by atoms with van der Waals surface area (Å²) in [4.78, 5) is 16.0. The maximum Gasteiger partial charge on any atom is 0.224 e. The van der Waals surface area contributed by atoms with Gasteiger partial charge in [0, 0.05) is 24.4 Å². The molecular weight excluding hydrogens is 236 g/mol. The molecule has 1 N–H and O–H groups in total. The molecule has 98 valence electrons. The van der Waals surface area contributed by atoms with Crippen LogP contribution in [-0.2, 0) is 4.79 Å². The Morgan fingerprint density at radius 3 is 2.74 bits per heavy atom. The molecule has 0 radical (unpaired) electrons. The van der Waals surface area contributed by atoms with E-state index in [4.69, 9.17) is 0 Å². The van der Waals surface area contributed by atoms with Crippen LogP contribution >= 0.6 is 0 Å². The van der Waals surface area contributed by atoms with Crippen molar-refractivity contribution in [3.63, 3.8) is 0 Å². The highest BCUT2D eigenvalue weighted by Gasteiger charge is 2.07. The zero-order chi connectivity index (χ0) is 13.5. The Morgan fingerprint density at radius 2 is 2.00 bits per heavy atom. The van der Waals surface area contributed by atoms with Crippen LogP contribution in [0.1, 0.15) is 26.2 Å². The highest BCUT2D eigenvalue weighted by atomic mass is 16.1. The molecule has 1 amide bonds. The van der Waals surface area contributed by atoms with Gasteiger partial charge in [-0.05, 0) is 18.1 Å². The maximum atomic E-state index is 11.8. The Hall–Kier alpha value is -2.16. The molecule has 0 spiro atoms. The number of nitrogens with one attached hydrogen (secondary N) is 1. The van der Waals surface area contributed by atoms with Crippen LogP contribution in [0.4, 0.5) is 5.69 Å². The van der Waals surface area contributed by atoms with Crippen molar-refractivity contribution in [3.8, 4) is 11.1 Å². The van der Waals surface area contributed by atoms with Crippen molar-refractivity contribution in [1.29, 1.82) is 0 Å². The highest BCUT2D eigenvalue weighted by molar-refractivity contribution is 5.95. The predicted molar refractivity (Wildman–Crippen MR) is 77.8 cm³/mol. The summed E-state index contributed by atoms with van der Waals surface area (Å²) in [5, 5.41) is 2.96. The summed E-state index contributed by atoms with van der Waals surface area (Å²) in [7, 11) is 0. The van der Waals surface area contributed by atoms with Gasteiger partial charge in [0.1, 0.15) is 0 Å². The lowest BCUT2D eigenvalue weighted by atomic mass is 10.1. The molecule has 0 saturated carbocycles. The minimum Gasteiger partial charge on any atom is -0.325 e. The number of hydrogen-bond acceptors (Lipinski definition) is 2. The molecular formula is C16H18N2O. The quantitative estimate of drug-likeness (QED) is 0.879. The van der Waals surface area contributed by atoms with E-state index >= 15 is 0 Å². The zero-order valence-electron chi connectivity index (χ0n) is 11.1. The van der Waals surface area contributed by atoms with E-state index in [-0.39, 0.29) is 5.91 Å². The van der Waals surface area contributed by atoms with Gasteiger partial charge in [-0.1, -0.05) is 43.7 Å². The predicted octanol–water partition coefficient (Wildman–Crippen LogP) is 3.88. The van der Waals surface area contributed by atoms with E-state index in [0.717, 1.165) is 29.7 Å². The highest BCUT2D eigenvalue weighted by Crippen LogP contribution is 2.26. The van der Waals surface area contributed by atoms with Gasteiger partial charge in [-0.2, -0.15) is 0 Å². The van der Waals surface area contributed by atoms with Crippen LogP contribution in [0.15, 0.2) is 48.8 Å². The molecule has 0 aliphatic rings. The summed E-state index contributed by atoms with van der Waals surface area (Å²) in [5.74, 6) is 0.0604. The van der Waals surface area contributed by atoms with Crippen molar-refractivity contribution in [1.82, 2.24) is 4.98 Å². The first-order valence-corrected chi connectivity index (χ1v) is 6.60. The number of nitrogens with zero attached hydrogens (tertiary/aromatic N) is 1. The lowest BCUT2D eigenvalue weighted by molar-refractivity contribution is -0.116. The number of carbonyl (C=O) groups is 1. The average Bonchev–Trinajstić information content (AvgIpc) is 2.46. The van der Waals surface area contributed by atoms with E-state index in [0.29, 0.717) is 6.42 Å². The third-order valence-electron chi connectivity index (χ3n) is 2.94. The number of benzene rings is 1. The second-order valence-corrected chi connectivity index (χ2v) is 4.44. The van der Waals surface area contributed by atoms with Gasteiger partial charge in [0.2, 0.25) is 5.91 Å². The Kier molecular flexibility index (Phi) is 4.67. The Bertz CT molecular complexity index is 537. The number of unbranched alkanes of at least 4 members (excludes halogenated alkanes) is 1. The monoisotopic (exact) mass is 254 g/mol. The van der Waals surface area contributed by atoms with Crippen LogP contribution in [0.25, 0.3) is 11.1 Å². The van der Waals surface area contributed by atoms with Crippen LogP contribution in [0, 0.1) is 0 Å². The minimum atomic E-state index is 0.0604. The van der Waals surface area contributed by atoms with Crippen LogP contribution in [0.3, 0.4) is 0 Å². The molecule has 3 heteroatoms. The van der Waals surface area contributed by atoms with Crippen molar-refractivity contribution in [2.45, 2.75) is 26.2 Å². The van der Waals surface area contributed by atoms with Crippen molar-refractivity contribution in [2.24, 2.45) is 0 Å². The molecule has 2 aromatic rings. The second-order valence-electron chi connectivity index (χ2n) is 4.44. The molecule has 0 bridgehead atoms. The van der Waals surface area contributed by atoms with Crippen molar-refractivity contribution in [2.75, 3.05) is 5.32 Å². The minimum absolute atomic E-state index is 0.0604.